The van der Waals surface area contributed by atoms with E-state index in [1.165, 1.54) is 0 Å². The Balaban J connectivity index is 1.73. The first-order chi connectivity index (χ1) is 11.3. The van der Waals surface area contributed by atoms with E-state index in [-0.39, 0.29) is 5.91 Å². The van der Waals surface area contributed by atoms with E-state index < -0.39 is 0 Å². The number of nitrogens with zero attached hydrogens (tertiary/aromatic N) is 2. The molecule has 3 aromatic rings. The summed E-state index contributed by atoms with van der Waals surface area (Å²) < 4.78 is 0. The molecule has 2 heterocycles. The number of amides is 1. The molecule has 112 valence electrons. The highest BCUT2D eigenvalue weighted by Crippen LogP contribution is 2.14. The van der Waals surface area contributed by atoms with Crippen LogP contribution >= 0.6 is 0 Å². The summed E-state index contributed by atoms with van der Waals surface area (Å²) in [6.45, 7) is 0. The van der Waals surface area contributed by atoms with E-state index in [0.29, 0.717) is 5.69 Å². The standard InChI is InChI=1S/C19H15N3O/c23-19(18-9-2-4-13-21-18)22-17-8-5-6-15(14-17)10-11-16-7-1-3-12-20-16/h1-14H,(H,22,23)/b11-10+. The molecule has 0 radical (unpaired) electrons. The van der Waals surface area contributed by atoms with Gasteiger partial charge in [0.05, 0.1) is 5.69 Å². The summed E-state index contributed by atoms with van der Waals surface area (Å²) in [5, 5.41) is 2.85. The number of benzene rings is 1. The fourth-order valence-electron chi connectivity index (χ4n) is 2.07. The highest BCUT2D eigenvalue weighted by atomic mass is 16.1. The van der Waals surface area contributed by atoms with E-state index in [1.807, 2.05) is 54.6 Å². The van der Waals surface area contributed by atoms with Gasteiger partial charge in [-0.05, 0) is 48.0 Å². The first kappa shape index (κ1) is 14.7. The van der Waals surface area contributed by atoms with E-state index in [9.17, 15) is 4.79 Å². The number of rotatable bonds is 4. The number of carbonyl (C=O) groups is 1. The molecule has 0 spiro atoms. The molecule has 0 saturated heterocycles. The van der Waals surface area contributed by atoms with Crippen molar-refractivity contribution in [2.24, 2.45) is 0 Å². The van der Waals surface area contributed by atoms with Crippen molar-refractivity contribution in [2.45, 2.75) is 0 Å². The largest absolute Gasteiger partial charge is 0.321 e. The van der Waals surface area contributed by atoms with Gasteiger partial charge in [-0.15, -0.1) is 0 Å². The van der Waals surface area contributed by atoms with Crippen molar-refractivity contribution >= 4 is 23.7 Å². The minimum Gasteiger partial charge on any atom is -0.321 e. The molecule has 3 rings (SSSR count). The Morgan fingerprint density at radius 2 is 1.70 bits per heavy atom. The van der Waals surface area contributed by atoms with Gasteiger partial charge in [0.1, 0.15) is 5.69 Å². The van der Waals surface area contributed by atoms with Crippen LogP contribution in [0.1, 0.15) is 21.7 Å². The highest BCUT2D eigenvalue weighted by molar-refractivity contribution is 6.02. The molecule has 1 aromatic carbocycles. The fraction of sp³-hybridized carbons (Fsp3) is 0. The second-order valence-corrected chi connectivity index (χ2v) is 4.88. The molecule has 0 bridgehead atoms. The maximum Gasteiger partial charge on any atom is 0.274 e. The Morgan fingerprint density at radius 1 is 0.870 bits per heavy atom. The second-order valence-electron chi connectivity index (χ2n) is 4.88. The normalized spacial score (nSPS) is 10.6. The van der Waals surface area contributed by atoms with Crippen molar-refractivity contribution in [1.82, 2.24) is 9.97 Å². The Hall–Kier alpha value is -3.27. The van der Waals surface area contributed by atoms with Gasteiger partial charge >= 0.3 is 0 Å². The molecule has 4 heteroatoms. The average molecular weight is 301 g/mol. The van der Waals surface area contributed by atoms with Crippen LogP contribution in [0, 0.1) is 0 Å². The molecule has 0 unspecified atom stereocenters. The van der Waals surface area contributed by atoms with E-state index >= 15 is 0 Å². The van der Waals surface area contributed by atoms with E-state index in [0.717, 1.165) is 16.9 Å². The summed E-state index contributed by atoms with van der Waals surface area (Å²) in [4.78, 5) is 20.4. The molecule has 1 amide bonds. The van der Waals surface area contributed by atoms with Gasteiger partial charge in [0.25, 0.3) is 5.91 Å². The minimum atomic E-state index is -0.226. The third-order valence-corrected chi connectivity index (χ3v) is 3.18. The number of anilines is 1. The average Bonchev–Trinajstić information content (AvgIpc) is 2.62. The number of nitrogens with one attached hydrogen (secondary N) is 1. The molecule has 2 aromatic heterocycles. The number of hydrogen-bond acceptors (Lipinski definition) is 3. The summed E-state index contributed by atoms with van der Waals surface area (Å²) in [7, 11) is 0. The van der Waals surface area contributed by atoms with Crippen molar-refractivity contribution in [3.8, 4) is 0 Å². The summed E-state index contributed by atoms with van der Waals surface area (Å²) in [6.07, 6.45) is 7.24. The van der Waals surface area contributed by atoms with Gasteiger partial charge in [0.15, 0.2) is 0 Å². The molecule has 4 nitrogen and oxygen atoms in total. The monoisotopic (exact) mass is 301 g/mol. The van der Waals surface area contributed by atoms with Gasteiger partial charge in [0, 0.05) is 18.1 Å². The van der Waals surface area contributed by atoms with Crippen LogP contribution in [0.25, 0.3) is 12.2 Å². The lowest BCUT2D eigenvalue weighted by Crippen LogP contribution is -2.13. The quantitative estimate of drug-likeness (QED) is 0.795. The van der Waals surface area contributed by atoms with E-state index in [1.54, 1.807) is 30.6 Å². The van der Waals surface area contributed by atoms with Crippen LogP contribution < -0.4 is 5.32 Å². The van der Waals surface area contributed by atoms with Crippen molar-refractivity contribution in [2.75, 3.05) is 5.32 Å². The van der Waals surface area contributed by atoms with E-state index in [4.69, 9.17) is 0 Å². The zero-order valence-corrected chi connectivity index (χ0v) is 12.4. The molecule has 0 aliphatic carbocycles. The maximum absolute atomic E-state index is 12.1. The zero-order chi connectivity index (χ0) is 15.9. The first-order valence-electron chi connectivity index (χ1n) is 7.23. The predicted octanol–water partition coefficient (Wildman–Crippen LogP) is 3.90. The van der Waals surface area contributed by atoms with Crippen LogP contribution in [-0.4, -0.2) is 15.9 Å². The van der Waals surface area contributed by atoms with Gasteiger partial charge < -0.3 is 5.32 Å². The van der Waals surface area contributed by atoms with Crippen molar-refractivity contribution < 1.29 is 4.79 Å². The Kier molecular flexibility index (Phi) is 4.55. The van der Waals surface area contributed by atoms with Crippen LogP contribution in [0.3, 0.4) is 0 Å². The van der Waals surface area contributed by atoms with Gasteiger partial charge in [-0.1, -0.05) is 30.3 Å². The topological polar surface area (TPSA) is 54.9 Å². The molecular formula is C19H15N3O. The lowest BCUT2D eigenvalue weighted by Gasteiger charge is -2.05. The summed E-state index contributed by atoms with van der Waals surface area (Å²) in [5.41, 5.74) is 2.98. The zero-order valence-electron chi connectivity index (χ0n) is 12.4. The van der Waals surface area contributed by atoms with Crippen molar-refractivity contribution in [3.05, 3.63) is 90.0 Å². The van der Waals surface area contributed by atoms with Crippen molar-refractivity contribution in [1.29, 1.82) is 0 Å². The maximum atomic E-state index is 12.1. The first-order valence-corrected chi connectivity index (χ1v) is 7.23. The van der Waals surface area contributed by atoms with Gasteiger partial charge in [-0.2, -0.15) is 0 Å². The third-order valence-electron chi connectivity index (χ3n) is 3.18. The fourth-order valence-corrected chi connectivity index (χ4v) is 2.07. The Labute approximate surface area is 134 Å². The molecular weight excluding hydrogens is 286 g/mol. The van der Waals surface area contributed by atoms with Crippen LogP contribution in [-0.2, 0) is 0 Å². The Morgan fingerprint density at radius 3 is 2.43 bits per heavy atom. The SMILES string of the molecule is O=C(Nc1cccc(/C=C/c2ccccn2)c1)c1ccccn1. The number of aromatic nitrogens is 2. The molecule has 0 saturated carbocycles. The van der Waals surface area contributed by atoms with Crippen LogP contribution in [0.4, 0.5) is 5.69 Å². The molecule has 0 fully saturated rings. The van der Waals surface area contributed by atoms with Gasteiger partial charge in [0.2, 0.25) is 0 Å². The van der Waals surface area contributed by atoms with Crippen LogP contribution in [0.5, 0.6) is 0 Å². The number of hydrogen-bond donors (Lipinski definition) is 1. The van der Waals surface area contributed by atoms with Gasteiger partial charge in [-0.25, -0.2) is 0 Å². The molecule has 0 aliphatic heterocycles. The van der Waals surface area contributed by atoms with Gasteiger partial charge in [-0.3, -0.25) is 14.8 Å². The second kappa shape index (κ2) is 7.13. The highest BCUT2D eigenvalue weighted by Gasteiger charge is 2.06. The summed E-state index contributed by atoms with van der Waals surface area (Å²) in [5.74, 6) is -0.226. The molecule has 1 N–H and O–H groups in total. The van der Waals surface area contributed by atoms with Crippen LogP contribution in [0.15, 0.2) is 73.1 Å². The molecule has 0 aliphatic rings. The van der Waals surface area contributed by atoms with Crippen LogP contribution in [0.2, 0.25) is 0 Å². The molecule has 0 atom stereocenters. The molecule has 23 heavy (non-hydrogen) atoms. The third kappa shape index (κ3) is 4.11. The smallest absolute Gasteiger partial charge is 0.274 e. The lowest BCUT2D eigenvalue weighted by molar-refractivity contribution is 0.102. The Bertz CT molecular complexity index is 814. The summed E-state index contributed by atoms with van der Waals surface area (Å²) >= 11 is 0. The van der Waals surface area contributed by atoms with E-state index in [2.05, 4.69) is 15.3 Å². The summed E-state index contributed by atoms with van der Waals surface area (Å²) in [6, 6.07) is 18.6. The van der Waals surface area contributed by atoms with Crippen molar-refractivity contribution in [3.63, 3.8) is 0 Å². The number of pyridine rings is 2. The predicted molar refractivity (Wildman–Crippen MR) is 91.8 cm³/mol. The lowest BCUT2D eigenvalue weighted by atomic mass is 10.1. The number of carbonyl (C=O) groups excluding carboxylic acids is 1. The minimum absolute atomic E-state index is 0.226.